The first-order valence-corrected chi connectivity index (χ1v) is 8.17. The average molecular weight is 281 g/mol. The molecular weight excluding hydrogens is 254 g/mol. The van der Waals surface area contributed by atoms with Gasteiger partial charge >= 0.3 is 0 Å². The van der Waals surface area contributed by atoms with Gasteiger partial charge in [-0.3, -0.25) is 4.90 Å². The molecule has 1 aliphatic rings. The van der Waals surface area contributed by atoms with Gasteiger partial charge in [0.15, 0.2) is 0 Å². The van der Waals surface area contributed by atoms with E-state index >= 15 is 0 Å². The average Bonchev–Trinajstić information content (AvgIpc) is 2.59. The second-order valence-electron chi connectivity index (χ2n) is 6.13. The lowest BCUT2D eigenvalue weighted by Gasteiger charge is -2.34. The normalized spacial score (nSPS) is 29.4. The van der Waals surface area contributed by atoms with Crippen molar-refractivity contribution in [3.63, 3.8) is 0 Å². The highest BCUT2D eigenvalue weighted by atomic mass is 32.1. The summed E-state index contributed by atoms with van der Waals surface area (Å²) in [5, 5.41) is 4.98. The smallest absolute Gasteiger partial charge is 0.107 e. The number of thiazole rings is 1. The Morgan fingerprint density at radius 1 is 1.47 bits per heavy atom. The van der Waals surface area contributed by atoms with Gasteiger partial charge in [-0.1, -0.05) is 6.92 Å². The summed E-state index contributed by atoms with van der Waals surface area (Å²) in [5.74, 6) is 0. The van der Waals surface area contributed by atoms with Crippen LogP contribution in [-0.4, -0.2) is 34.6 Å². The third-order valence-electron chi connectivity index (χ3n) is 4.48. The Morgan fingerprint density at radius 3 is 2.79 bits per heavy atom. The van der Waals surface area contributed by atoms with Crippen molar-refractivity contribution in [2.45, 2.75) is 65.6 Å². The Bertz CT molecular complexity index is 410. The molecule has 0 bridgehead atoms. The van der Waals surface area contributed by atoms with Gasteiger partial charge in [0.25, 0.3) is 0 Å². The van der Waals surface area contributed by atoms with Crippen LogP contribution in [0.15, 0.2) is 0 Å². The number of hydrogen-bond acceptors (Lipinski definition) is 4. The molecule has 1 saturated heterocycles. The van der Waals surface area contributed by atoms with Crippen LogP contribution in [0.3, 0.4) is 0 Å². The first-order chi connectivity index (χ1) is 8.93. The number of rotatable bonds is 3. The molecule has 108 valence electrons. The van der Waals surface area contributed by atoms with E-state index in [9.17, 15) is 0 Å². The molecule has 2 heterocycles. The third kappa shape index (κ3) is 3.56. The Hall–Kier alpha value is -0.450. The molecule has 1 aliphatic heterocycles. The molecule has 1 aromatic heterocycles. The van der Waals surface area contributed by atoms with E-state index in [-0.39, 0.29) is 5.54 Å². The van der Waals surface area contributed by atoms with E-state index in [2.05, 4.69) is 44.8 Å². The van der Waals surface area contributed by atoms with Crippen LogP contribution in [0.5, 0.6) is 0 Å². The highest BCUT2D eigenvalue weighted by molar-refractivity contribution is 7.11. The standard InChI is InChI=1S/C15H27N3S/c1-6-15(5)10-18(11(2)7-8-16-15)9-14-17-12(3)13(4)19-14/h11,16H,6-10H2,1-5H3. The van der Waals surface area contributed by atoms with Gasteiger partial charge in [-0.15, -0.1) is 11.3 Å². The van der Waals surface area contributed by atoms with Gasteiger partial charge in [0, 0.05) is 23.0 Å². The van der Waals surface area contributed by atoms with Crippen molar-refractivity contribution in [2.24, 2.45) is 0 Å². The predicted molar refractivity (Wildman–Crippen MR) is 82.8 cm³/mol. The van der Waals surface area contributed by atoms with Crippen molar-refractivity contribution >= 4 is 11.3 Å². The topological polar surface area (TPSA) is 28.2 Å². The van der Waals surface area contributed by atoms with E-state index in [1.165, 1.54) is 28.4 Å². The summed E-state index contributed by atoms with van der Waals surface area (Å²) in [5.41, 5.74) is 1.44. The molecule has 4 heteroatoms. The summed E-state index contributed by atoms with van der Waals surface area (Å²) in [6.45, 7) is 14.5. The zero-order valence-corrected chi connectivity index (χ0v) is 13.7. The zero-order valence-electron chi connectivity index (χ0n) is 12.9. The number of nitrogens with one attached hydrogen (secondary N) is 1. The maximum absolute atomic E-state index is 4.70. The summed E-state index contributed by atoms with van der Waals surface area (Å²) in [4.78, 5) is 8.65. The molecule has 2 rings (SSSR count). The van der Waals surface area contributed by atoms with E-state index in [1.807, 2.05) is 11.3 Å². The van der Waals surface area contributed by atoms with Crippen molar-refractivity contribution in [1.82, 2.24) is 15.2 Å². The summed E-state index contributed by atoms with van der Waals surface area (Å²) in [6.07, 6.45) is 2.39. The monoisotopic (exact) mass is 281 g/mol. The molecule has 0 radical (unpaired) electrons. The zero-order chi connectivity index (χ0) is 14.0. The van der Waals surface area contributed by atoms with Crippen molar-refractivity contribution < 1.29 is 0 Å². The van der Waals surface area contributed by atoms with Crippen LogP contribution in [0.2, 0.25) is 0 Å². The number of aryl methyl sites for hydroxylation is 2. The summed E-state index contributed by atoms with van der Waals surface area (Å²) in [6, 6.07) is 0.630. The number of nitrogens with zero attached hydrogens (tertiary/aromatic N) is 2. The van der Waals surface area contributed by atoms with Crippen LogP contribution in [0.25, 0.3) is 0 Å². The minimum absolute atomic E-state index is 0.242. The predicted octanol–water partition coefficient (Wildman–Crippen LogP) is 3.11. The molecule has 1 fully saturated rings. The second-order valence-corrected chi connectivity index (χ2v) is 7.42. The summed E-state index contributed by atoms with van der Waals surface area (Å²) < 4.78 is 0. The maximum atomic E-state index is 4.70. The largest absolute Gasteiger partial charge is 0.310 e. The summed E-state index contributed by atoms with van der Waals surface area (Å²) in [7, 11) is 0. The van der Waals surface area contributed by atoms with Gasteiger partial charge in [0.2, 0.25) is 0 Å². The Kier molecular flexibility index (Phi) is 4.64. The van der Waals surface area contributed by atoms with Crippen LogP contribution in [0, 0.1) is 13.8 Å². The second kappa shape index (κ2) is 5.90. The summed E-state index contributed by atoms with van der Waals surface area (Å²) >= 11 is 1.85. The van der Waals surface area contributed by atoms with Crippen LogP contribution < -0.4 is 5.32 Å². The van der Waals surface area contributed by atoms with E-state index in [0.717, 1.165) is 19.6 Å². The lowest BCUT2D eigenvalue weighted by Crippen LogP contribution is -2.49. The van der Waals surface area contributed by atoms with Crippen LogP contribution in [0.4, 0.5) is 0 Å². The first-order valence-electron chi connectivity index (χ1n) is 7.35. The van der Waals surface area contributed by atoms with Crippen molar-refractivity contribution in [1.29, 1.82) is 0 Å². The molecule has 3 nitrogen and oxygen atoms in total. The lowest BCUT2D eigenvalue weighted by atomic mass is 9.98. The Morgan fingerprint density at radius 2 is 2.21 bits per heavy atom. The van der Waals surface area contributed by atoms with Gasteiger partial charge in [0.1, 0.15) is 5.01 Å². The van der Waals surface area contributed by atoms with Crippen LogP contribution in [0.1, 0.15) is 49.2 Å². The lowest BCUT2D eigenvalue weighted by molar-refractivity contribution is 0.163. The van der Waals surface area contributed by atoms with Crippen molar-refractivity contribution in [2.75, 3.05) is 13.1 Å². The molecule has 2 unspecified atom stereocenters. The van der Waals surface area contributed by atoms with E-state index in [0.29, 0.717) is 6.04 Å². The van der Waals surface area contributed by atoms with E-state index in [4.69, 9.17) is 4.98 Å². The molecule has 0 aromatic carbocycles. The minimum Gasteiger partial charge on any atom is -0.310 e. The van der Waals surface area contributed by atoms with Crippen LogP contribution >= 0.6 is 11.3 Å². The maximum Gasteiger partial charge on any atom is 0.107 e. The van der Waals surface area contributed by atoms with E-state index < -0.39 is 0 Å². The molecule has 0 saturated carbocycles. The van der Waals surface area contributed by atoms with Crippen molar-refractivity contribution in [3.8, 4) is 0 Å². The molecule has 0 amide bonds. The first kappa shape index (κ1) is 14.9. The number of hydrogen-bond donors (Lipinski definition) is 1. The van der Waals surface area contributed by atoms with Gasteiger partial charge in [-0.2, -0.15) is 0 Å². The number of aromatic nitrogens is 1. The molecular formula is C15H27N3S. The molecule has 0 aliphatic carbocycles. The SMILES string of the molecule is CCC1(C)CN(Cc2nc(C)c(C)s2)C(C)CCN1. The fraction of sp³-hybridized carbons (Fsp3) is 0.800. The fourth-order valence-electron chi connectivity index (χ4n) is 2.65. The van der Waals surface area contributed by atoms with Crippen molar-refractivity contribution in [3.05, 3.63) is 15.6 Å². The highest BCUT2D eigenvalue weighted by Gasteiger charge is 2.30. The fourth-order valence-corrected chi connectivity index (χ4v) is 3.61. The Labute approximate surface area is 121 Å². The molecule has 1 N–H and O–H groups in total. The van der Waals surface area contributed by atoms with Gasteiger partial charge in [-0.05, 0) is 47.1 Å². The minimum atomic E-state index is 0.242. The highest BCUT2D eigenvalue weighted by Crippen LogP contribution is 2.23. The quantitative estimate of drug-likeness (QED) is 0.922. The van der Waals surface area contributed by atoms with Crippen LogP contribution in [-0.2, 0) is 6.54 Å². The van der Waals surface area contributed by atoms with E-state index in [1.54, 1.807) is 0 Å². The molecule has 2 atom stereocenters. The third-order valence-corrected chi connectivity index (χ3v) is 5.54. The molecule has 19 heavy (non-hydrogen) atoms. The van der Waals surface area contributed by atoms with Gasteiger partial charge in [-0.25, -0.2) is 4.98 Å². The molecule has 1 aromatic rings. The Balaban J connectivity index is 2.11. The van der Waals surface area contributed by atoms with Gasteiger partial charge < -0.3 is 5.32 Å². The molecule has 0 spiro atoms. The van der Waals surface area contributed by atoms with Gasteiger partial charge in [0.05, 0.1) is 12.2 Å².